The average molecular weight is 257 g/mol. The Labute approximate surface area is 115 Å². The first-order valence-electron chi connectivity index (χ1n) is 7.22. The van der Waals surface area contributed by atoms with Crippen LogP contribution in [0.15, 0.2) is 24.3 Å². The normalized spacial score (nSPS) is 18.3. The van der Waals surface area contributed by atoms with Gasteiger partial charge in [0.2, 0.25) is 0 Å². The second kappa shape index (κ2) is 4.99. The van der Waals surface area contributed by atoms with Crippen molar-refractivity contribution in [2.45, 2.75) is 25.8 Å². The molecule has 1 aliphatic heterocycles. The third-order valence-electron chi connectivity index (χ3n) is 4.59. The van der Waals surface area contributed by atoms with Gasteiger partial charge in [-0.15, -0.1) is 0 Å². The van der Waals surface area contributed by atoms with Crippen LogP contribution in [0, 0.1) is 6.92 Å². The lowest BCUT2D eigenvalue weighted by Gasteiger charge is -2.27. The molecule has 19 heavy (non-hydrogen) atoms. The number of benzene rings is 1. The highest BCUT2D eigenvalue weighted by molar-refractivity contribution is 5.86. The summed E-state index contributed by atoms with van der Waals surface area (Å²) in [6.07, 6.45) is 2.61. The van der Waals surface area contributed by atoms with Crippen molar-refractivity contribution in [1.29, 1.82) is 0 Å². The van der Waals surface area contributed by atoms with E-state index in [0.717, 1.165) is 0 Å². The number of likely N-dealkylation sites (tertiary alicyclic amines) is 1. The first-order chi connectivity index (χ1) is 9.24. The Balaban J connectivity index is 2.14. The van der Waals surface area contributed by atoms with Gasteiger partial charge in [0.15, 0.2) is 0 Å². The minimum Gasteiger partial charge on any atom is -0.348 e. The summed E-state index contributed by atoms with van der Waals surface area (Å²) in [5.74, 6) is 0. The fraction of sp³-hybridized carbons (Fsp3) is 0.500. The molecule has 3 heteroatoms. The van der Waals surface area contributed by atoms with Crippen LogP contribution in [-0.2, 0) is 7.05 Å². The summed E-state index contributed by atoms with van der Waals surface area (Å²) in [5.41, 5.74) is 10.2. The molecule has 0 bridgehead atoms. The highest BCUT2D eigenvalue weighted by Crippen LogP contribution is 2.34. The van der Waals surface area contributed by atoms with Crippen LogP contribution < -0.4 is 5.73 Å². The van der Waals surface area contributed by atoms with Gasteiger partial charge in [-0.2, -0.15) is 0 Å². The number of hydrogen-bond acceptors (Lipinski definition) is 2. The summed E-state index contributed by atoms with van der Waals surface area (Å²) in [5, 5.41) is 1.37. The molecule has 0 amide bonds. The molecule has 0 aliphatic carbocycles. The predicted molar refractivity (Wildman–Crippen MR) is 80.3 cm³/mol. The molecule has 0 radical (unpaired) electrons. The fourth-order valence-electron chi connectivity index (χ4n) is 3.47. The molecule has 1 aromatic carbocycles. The van der Waals surface area contributed by atoms with Crippen LogP contribution in [0.4, 0.5) is 0 Å². The SMILES string of the molecule is Cc1c(C(CN)N2CCCC2)c2ccccc2n1C. The lowest BCUT2D eigenvalue weighted by molar-refractivity contribution is 0.252. The molecule has 1 saturated heterocycles. The van der Waals surface area contributed by atoms with Gasteiger partial charge in [-0.1, -0.05) is 18.2 Å². The second-order valence-electron chi connectivity index (χ2n) is 5.57. The van der Waals surface area contributed by atoms with Crippen molar-refractivity contribution in [3.05, 3.63) is 35.5 Å². The number of nitrogens with zero attached hydrogens (tertiary/aromatic N) is 2. The predicted octanol–water partition coefficient (Wildman–Crippen LogP) is 2.58. The maximum Gasteiger partial charge on any atom is 0.0494 e. The van der Waals surface area contributed by atoms with Gasteiger partial charge in [-0.3, -0.25) is 4.90 Å². The van der Waals surface area contributed by atoms with Crippen molar-refractivity contribution in [2.75, 3.05) is 19.6 Å². The number of fused-ring (bicyclic) bond motifs is 1. The molecule has 0 saturated carbocycles. The van der Waals surface area contributed by atoms with Crippen LogP contribution in [0.5, 0.6) is 0 Å². The molecule has 2 N–H and O–H groups in total. The molecule has 2 heterocycles. The topological polar surface area (TPSA) is 34.2 Å². The van der Waals surface area contributed by atoms with E-state index in [2.05, 4.69) is 47.7 Å². The molecular formula is C16H23N3. The summed E-state index contributed by atoms with van der Waals surface area (Å²) in [7, 11) is 2.15. The number of hydrogen-bond donors (Lipinski definition) is 1. The smallest absolute Gasteiger partial charge is 0.0494 e. The van der Waals surface area contributed by atoms with Crippen molar-refractivity contribution in [3.8, 4) is 0 Å². The van der Waals surface area contributed by atoms with E-state index in [0.29, 0.717) is 12.6 Å². The van der Waals surface area contributed by atoms with E-state index in [-0.39, 0.29) is 0 Å². The first kappa shape index (κ1) is 12.7. The Morgan fingerprint density at radius 3 is 2.58 bits per heavy atom. The van der Waals surface area contributed by atoms with Gasteiger partial charge in [-0.25, -0.2) is 0 Å². The molecule has 2 aromatic rings. The second-order valence-corrected chi connectivity index (χ2v) is 5.57. The molecular weight excluding hydrogens is 234 g/mol. The summed E-state index contributed by atoms with van der Waals surface area (Å²) >= 11 is 0. The van der Waals surface area contributed by atoms with Gasteiger partial charge in [0.25, 0.3) is 0 Å². The molecule has 102 valence electrons. The molecule has 3 rings (SSSR count). The van der Waals surface area contributed by atoms with E-state index in [1.807, 2.05) is 0 Å². The van der Waals surface area contributed by atoms with Crippen molar-refractivity contribution in [2.24, 2.45) is 12.8 Å². The minimum atomic E-state index is 0.369. The Morgan fingerprint density at radius 1 is 1.21 bits per heavy atom. The molecule has 1 aromatic heterocycles. The zero-order valence-corrected chi connectivity index (χ0v) is 11.9. The Hall–Kier alpha value is -1.32. The van der Waals surface area contributed by atoms with Crippen molar-refractivity contribution >= 4 is 10.9 Å². The van der Waals surface area contributed by atoms with Gasteiger partial charge in [-0.05, 0) is 44.5 Å². The van der Waals surface area contributed by atoms with Crippen molar-refractivity contribution in [1.82, 2.24) is 9.47 Å². The van der Waals surface area contributed by atoms with Crippen molar-refractivity contribution < 1.29 is 0 Å². The molecule has 3 nitrogen and oxygen atoms in total. The lowest BCUT2D eigenvalue weighted by Crippen LogP contribution is -2.31. The third kappa shape index (κ3) is 1.97. The van der Waals surface area contributed by atoms with Gasteiger partial charge in [0, 0.05) is 36.2 Å². The van der Waals surface area contributed by atoms with E-state index < -0.39 is 0 Å². The van der Waals surface area contributed by atoms with Crippen LogP contribution >= 0.6 is 0 Å². The maximum atomic E-state index is 6.10. The lowest BCUT2D eigenvalue weighted by atomic mass is 10.0. The highest BCUT2D eigenvalue weighted by Gasteiger charge is 2.26. The van der Waals surface area contributed by atoms with Crippen LogP contribution in [0.1, 0.15) is 30.1 Å². The summed E-state index contributed by atoms with van der Waals surface area (Å²) in [4.78, 5) is 2.55. The number of aromatic nitrogens is 1. The molecule has 1 aliphatic rings. The van der Waals surface area contributed by atoms with Gasteiger partial charge >= 0.3 is 0 Å². The standard InChI is InChI=1S/C16H23N3/c1-12-16(15(11-17)19-9-5-6-10-19)13-7-3-4-8-14(13)18(12)2/h3-4,7-8,15H,5-6,9-11,17H2,1-2H3. The van der Waals surface area contributed by atoms with Gasteiger partial charge in [0.1, 0.15) is 0 Å². The number of para-hydroxylation sites is 1. The van der Waals surface area contributed by atoms with Crippen LogP contribution in [0.3, 0.4) is 0 Å². The summed E-state index contributed by atoms with van der Waals surface area (Å²) in [6.45, 7) is 5.29. The van der Waals surface area contributed by atoms with Crippen LogP contribution in [0.25, 0.3) is 10.9 Å². The third-order valence-corrected chi connectivity index (χ3v) is 4.59. The van der Waals surface area contributed by atoms with Crippen molar-refractivity contribution in [3.63, 3.8) is 0 Å². The van der Waals surface area contributed by atoms with Gasteiger partial charge in [0.05, 0.1) is 0 Å². The van der Waals surface area contributed by atoms with Crippen LogP contribution in [-0.4, -0.2) is 29.1 Å². The zero-order chi connectivity index (χ0) is 13.4. The quantitative estimate of drug-likeness (QED) is 0.917. The van der Waals surface area contributed by atoms with E-state index >= 15 is 0 Å². The Bertz CT molecular complexity index is 579. The first-order valence-corrected chi connectivity index (χ1v) is 7.22. The van der Waals surface area contributed by atoms with Gasteiger partial charge < -0.3 is 10.3 Å². The largest absolute Gasteiger partial charge is 0.348 e. The van der Waals surface area contributed by atoms with Crippen LogP contribution in [0.2, 0.25) is 0 Å². The monoisotopic (exact) mass is 257 g/mol. The number of nitrogens with two attached hydrogens (primary N) is 1. The number of rotatable bonds is 3. The molecule has 1 unspecified atom stereocenters. The highest BCUT2D eigenvalue weighted by atomic mass is 15.2. The Kier molecular flexibility index (Phi) is 3.33. The zero-order valence-electron chi connectivity index (χ0n) is 11.9. The maximum absolute atomic E-state index is 6.10. The molecule has 1 atom stereocenters. The fourth-order valence-corrected chi connectivity index (χ4v) is 3.47. The van der Waals surface area contributed by atoms with E-state index in [1.165, 1.54) is 48.1 Å². The summed E-state index contributed by atoms with van der Waals surface area (Å²) < 4.78 is 2.30. The van der Waals surface area contributed by atoms with E-state index in [1.54, 1.807) is 0 Å². The van der Waals surface area contributed by atoms with E-state index in [4.69, 9.17) is 5.73 Å². The number of aryl methyl sites for hydroxylation is 1. The Morgan fingerprint density at radius 2 is 1.89 bits per heavy atom. The minimum absolute atomic E-state index is 0.369. The van der Waals surface area contributed by atoms with E-state index in [9.17, 15) is 0 Å². The summed E-state index contributed by atoms with van der Waals surface area (Å²) in [6, 6.07) is 9.04. The molecule has 0 spiro atoms. The molecule has 1 fully saturated rings. The average Bonchev–Trinajstić information content (AvgIpc) is 3.04.